The van der Waals surface area contributed by atoms with E-state index in [-0.39, 0.29) is 99.3 Å². The second kappa shape index (κ2) is 20.5. The summed E-state index contributed by atoms with van der Waals surface area (Å²) in [6.45, 7) is 1.72. The number of aromatic nitrogens is 3. The molecule has 0 amide bonds. The number of hydrogen-bond donors (Lipinski definition) is 10. The van der Waals surface area contributed by atoms with Crippen molar-refractivity contribution in [2.45, 2.75) is 106 Å². The Morgan fingerprint density at radius 3 is 2.34 bits per heavy atom. The zero-order valence-electron chi connectivity index (χ0n) is 35.6. The number of rotatable bonds is 18. The molecule has 3 aromatic rings. The first kappa shape index (κ1) is 48.4. The van der Waals surface area contributed by atoms with Gasteiger partial charge in [0.15, 0.2) is 18.4 Å². The molecule has 1 aromatic heterocycles. The van der Waals surface area contributed by atoms with Gasteiger partial charge in [-0.1, -0.05) is 17.3 Å². The standard InChI is InChI=1S/C42H55N5O18/c1-19-33(49)23(43)12-28(63-19)64-25-14-42(58,13-22-30(25)38(54)32-31(35(22)51)34(50)21-4-3-5-24(59-2)29(21)37(32)53)27(17-48)44-6-7-60-8-9-61-10-11-62-18-20-15-47(46-45-20)16-26-36(52)39(55)40(56)41(57)65-26/h3-5,15,19,23,25-26,28,33,36,39-41,48-49,51-52,54-58H,6-14,16-18,43H2,1-2H3/t19-,23-,25-,26-,28-,33-,36+,39-,40-,41+,42-/m0/s1. The molecule has 2 aliphatic heterocycles. The number of carbonyl (C=O) groups is 2. The third-order valence-corrected chi connectivity index (χ3v) is 12.0. The quantitative estimate of drug-likeness (QED) is 0.0280. The van der Waals surface area contributed by atoms with Gasteiger partial charge >= 0.3 is 0 Å². The Hall–Kier alpha value is -4.57. The van der Waals surface area contributed by atoms with Gasteiger partial charge < -0.3 is 84.9 Å². The van der Waals surface area contributed by atoms with Gasteiger partial charge in [-0.2, -0.15) is 0 Å². The number of nitrogens with zero attached hydrogens (tertiary/aromatic N) is 4. The van der Waals surface area contributed by atoms with Crippen LogP contribution in [0.2, 0.25) is 0 Å². The molecule has 65 heavy (non-hydrogen) atoms. The van der Waals surface area contributed by atoms with E-state index in [9.17, 15) is 55.5 Å². The Labute approximate surface area is 371 Å². The summed E-state index contributed by atoms with van der Waals surface area (Å²) in [5, 5.41) is 104. The second-order valence-corrected chi connectivity index (χ2v) is 16.3. The van der Waals surface area contributed by atoms with Gasteiger partial charge in [0.1, 0.15) is 53.0 Å². The number of ketones is 2. The van der Waals surface area contributed by atoms with Crippen molar-refractivity contribution in [2.24, 2.45) is 10.7 Å². The SMILES string of the molecule is COc1cccc2c1C(=O)c1c(O)c3c(c(O)c1C2=O)C[C@@](O)(C(CO)=NCCOCCOCCOCc1cn(C[C@@H]2O[C@@H](O)[C@@H](O)[C@@H](O)[C@@H]2O)nn1)C[C@@H]3O[C@H]1C[C@H](N)[C@@H](O)[C@H](C)O1. The number of methoxy groups -OCH3 is 1. The number of aliphatic hydroxyl groups is 7. The maximum absolute atomic E-state index is 14.0. The van der Waals surface area contributed by atoms with Crippen molar-refractivity contribution in [3.63, 3.8) is 0 Å². The van der Waals surface area contributed by atoms with Gasteiger partial charge in [-0.15, -0.1) is 5.10 Å². The van der Waals surface area contributed by atoms with Crippen LogP contribution in [0.15, 0.2) is 29.4 Å². The van der Waals surface area contributed by atoms with Crippen molar-refractivity contribution in [1.29, 1.82) is 0 Å². The van der Waals surface area contributed by atoms with Crippen LogP contribution in [0.3, 0.4) is 0 Å². The molecule has 0 radical (unpaired) electrons. The van der Waals surface area contributed by atoms with Crippen LogP contribution in [-0.2, 0) is 48.0 Å². The molecule has 0 spiro atoms. The molecule has 4 aliphatic rings. The molecule has 3 heterocycles. The van der Waals surface area contributed by atoms with Crippen molar-refractivity contribution in [1.82, 2.24) is 15.0 Å². The van der Waals surface area contributed by atoms with Gasteiger partial charge in [-0.05, 0) is 13.0 Å². The van der Waals surface area contributed by atoms with E-state index in [0.29, 0.717) is 5.69 Å². The van der Waals surface area contributed by atoms with Crippen molar-refractivity contribution >= 4 is 17.3 Å². The first-order valence-corrected chi connectivity index (χ1v) is 21.1. The Morgan fingerprint density at radius 2 is 1.63 bits per heavy atom. The maximum Gasteiger partial charge on any atom is 0.202 e. The van der Waals surface area contributed by atoms with E-state index in [1.807, 2.05) is 0 Å². The molecule has 11 atom stereocenters. The zero-order chi connectivity index (χ0) is 46.7. The second-order valence-electron chi connectivity index (χ2n) is 16.3. The van der Waals surface area contributed by atoms with E-state index in [2.05, 4.69) is 15.3 Å². The minimum Gasteiger partial charge on any atom is -0.507 e. The van der Waals surface area contributed by atoms with E-state index < -0.39 is 114 Å². The smallest absolute Gasteiger partial charge is 0.202 e. The monoisotopic (exact) mass is 917 g/mol. The van der Waals surface area contributed by atoms with Crippen LogP contribution in [0.1, 0.15) is 74.5 Å². The lowest BCUT2D eigenvalue weighted by molar-refractivity contribution is -0.284. The number of aromatic hydroxyl groups is 2. The van der Waals surface area contributed by atoms with Crippen molar-refractivity contribution in [3.8, 4) is 17.2 Å². The molecule has 23 nitrogen and oxygen atoms in total. The molecule has 0 bridgehead atoms. The number of benzene rings is 2. The molecule has 2 aromatic carbocycles. The number of aliphatic imine (C=N–C) groups is 1. The molecular weight excluding hydrogens is 862 g/mol. The average molecular weight is 918 g/mol. The Bertz CT molecular complexity index is 2210. The fourth-order valence-corrected chi connectivity index (χ4v) is 8.58. The van der Waals surface area contributed by atoms with E-state index >= 15 is 0 Å². The number of hydrogen-bond acceptors (Lipinski definition) is 22. The van der Waals surface area contributed by atoms with Gasteiger partial charge in [0.05, 0.1) is 113 Å². The highest BCUT2D eigenvalue weighted by atomic mass is 16.7. The van der Waals surface area contributed by atoms with E-state index in [4.69, 9.17) is 38.9 Å². The number of fused-ring (bicyclic) bond motifs is 3. The number of carbonyl (C=O) groups excluding carboxylic acids is 2. The largest absolute Gasteiger partial charge is 0.507 e. The fraction of sp³-hybridized carbons (Fsp3) is 0.595. The van der Waals surface area contributed by atoms with Gasteiger partial charge in [0.2, 0.25) is 5.78 Å². The molecule has 2 fully saturated rings. The van der Waals surface area contributed by atoms with Crippen LogP contribution in [0, 0.1) is 0 Å². The van der Waals surface area contributed by atoms with E-state index in [0.717, 1.165) is 0 Å². The average Bonchev–Trinajstić information content (AvgIpc) is 3.73. The molecule has 7 rings (SSSR count). The van der Waals surface area contributed by atoms with Crippen LogP contribution in [0.4, 0.5) is 0 Å². The molecule has 2 saturated heterocycles. The molecule has 0 saturated carbocycles. The predicted molar refractivity (Wildman–Crippen MR) is 219 cm³/mol. The van der Waals surface area contributed by atoms with Gasteiger partial charge in [-0.3, -0.25) is 14.6 Å². The number of phenolic OH excluding ortho intramolecular Hbond substituents is 2. The summed E-state index contributed by atoms with van der Waals surface area (Å²) < 4.78 is 40.8. The summed E-state index contributed by atoms with van der Waals surface area (Å²) in [5.74, 6) is -2.75. The summed E-state index contributed by atoms with van der Waals surface area (Å²) in [4.78, 5) is 32.4. The van der Waals surface area contributed by atoms with E-state index in [1.54, 1.807) is 6.92 Å². The summed E-state index contributed by atoms with van der Waals surface area (Å²) >= 11 is 0. The molecule has 0 unspecified atom stereocenters. The Balaban J connectivity index is 0.948. The predicted octanol–water partition coefficient (Wildman–Crippen LogP) is -2.49. The summed E-state index contributed by atoms with van der Waals surface area (Å²) in [5.41, 5.74) is 3.24. The lowest BCUT2D eigenvalue weighted by Gasteiger charge is -2.43. The third kappa shape index (κ3) is 9.94. The summed E-state index contributed by atoms with van der Waals surface area (Å²) in [6, 6.07) is 3.64. The number of nitrogens with two attached hydrogens (primary N) is 1. The van der Waals surface area contributed by atoms with Crippen LogP contribution in [0.5, 0.6) is 17.2 Å². The van der Waals surface area contributed by atoms with Crippen molar-refractivity contribution in [3.05, 3.63) is 63.5 Å². The summed E-state index contributed by atoms with van der Waals surface area (Å²) in [7, 11) is 1.33. The normalized spacial score (nSPS) is 30.2. The van der Waals surface area contributed by atoms with Gasteiger partial charge in [0, 0.05) is 42.0 Å². The summed E-state index contributed by atoms with van der Waals surface area (Å²) in [6.07, 6.45) is -10.8. The van der Waals surface area contributed by atoms with Crippen molar-refractivity contribution < 1.29 is 88.7 Å². The molecule has 2 aliphatic carbocycles. The lowest BCUT2D eigenvalue weighted by Crippen LogP contribution is -2.58. The first-order chi connectivity index (χ1) is 31.1. The minimum atomic E-state index is -2.02. The van der Waals surface area contributed by atoms with Crippen molar-refractivity contribution in [2.75, 3.05) is 53.3 Å². The number of ether oxygens (including phenoxy) is 7. The molecular formula is C42H55N5O18. The topological polar surface area (TPSA) is 350 Å². The van der Waals surface area contributed by atoms with E-state index in [1.165, 1.54) is 36.2 Å². The Kier molecular flexibility index (Phi) is 15.3. The number of aliphatic hydroxyl groups excluding tert-OH is 6. The Morgan fingerprint density at radius 1 is 0.923 bits per heavy atom. The molecule has 356 valence electrons. The third-order valence-electron chi connectivity index (χ3n) is 12.0. The fourth-order valence-electron chi connectivity index (χ4n) is 8.58. The highest BCUT2D eigenvalue weighted by Gasteiger charge is 2.50. The van der Waals surface area contributed by atoms with Gasteiger partial charge in [-0.25, -0.2) is 4.68 Å². The molecule has 23 heteroatoms. The van der Waals surface area contributed by atoms with Crippen LogP contribution in [-0.4, -0.2) is 192 Å². The highest BCUT2D eigenvalue weighted by Crippen LogP contribution is 2.52. The van der Waals surface area contributed by atoms with Gasteiger partial charge in [0.25, 0.3) is 0 Å². The first-order valence-electron chi connectivity index (χ1n) is 21.1. The lowest BCUT2D eigenvalue weighted by atomic mass is 9.71. The van der Waals surface area contributed by atoms with Crippen LogP contribution in [0.25, 0.3) is 0 Å². The zero-order valence-corrected chi connectivity index (χ0v) is 35.6. The maximum atomic E-state index is 14.0. The van der Waals surface area contributed by atoms with Crippen LogP contribution < -0.4 is 10.5 Å². The number of phenols is 2. The van der Waals surface area contributed by atoms with Crippen LogP contribution >= 0.6 is 0 Å². The minimum absolute atomic E-state index is 0.00733. The molecule has 11 N–H and O–H groups in total. The highest BCUT2D eigenvalue weighted by molar-refractivity contribution is 6.31.